The molecule has 0 aliphatic carbocycles. The Bertz CT molecular complexity index is 851. The number of carbonyl (C=O) groups excluding carboxylic acids is 2. The third-order valence-corrected chi connectivity index (χ3v) is 9.04. The third-order valence-electron chi connectivity index (χ3n) is 8.06. The highest BCUT2D eigenvalue weighted by atomic mass is 31.2. The van der Waals surface area contributed by atoms with Gasteiger partial charge in [0.05, 0.1) is 13.2 Å². The van der Waals surface area contributed by atoms with E-state index >= 15 is 0 Å². The van der Waals surface area contributed by atoms with Gasteiger partial charge in [-0.25, -0.2) is 4.57 Å². The SMILES string of the molecule is CCCCCC/C=C\CCCCCCCC(=O)OCC(COP(=O)(O)OCCN)OC(=O)CCCCCCC/C=C\CCCCCCC. The number of unbranched alkanes of at least 4 members (excludes halogenated alkanes) is 19. The van der Waals surface area contributed by atoms with Crippen molar-refractivity contribution in [3.8, 4) is 0 Å². The van der Waals surface area contributed by atoms with E-state index in [-0.39, 0.29) is 32.6 Å². The van der Waals surface area contributed by atoms with Crippen LogP contribution >= 0.6 is 7.82 Å². The number of hydrogen-bond acceptors (Lipinski definition) is 8. The summed E-state index contributed by atoms with van der Waals surface area (Å²) in [4.78, 5) is 34.7. The Morgan fingerprint density at radius 1 is 0.604 bits per heavy atom. The summed E-state index contributed by atoms with van der Waals surface area (Å²) in [5.41, 5.74) is 5.33. The lowest BCUT2D eigenvalue weighted by Gasteiger charge is -2.19. The monoisotopic (exact) mass is 701 g/mol. The molecule has 2 atom stereocenters. The van der Waals surface area contributed by atoms with Gasteiger partial charge in [0.15, 0.2) is 6.10 Å². The zero-order valence-corrected chi connectivity index (χ0v) is 31.6. The quantitative estimate of drug-likeness (QED) is 0.0283. The molecule has 0 spiro atoms. The fraction of sp³-hybridized carbons (Fsp3) is 0.842. The Hall–Kier alpha value is -1.51. The van der Waals surface area contributed by atoms with Gasteiger partial charge in [0.1, 0.15) is 6.61 Å². The van der Waals surface area contributed by atoms with Crippen LogP contribution in [0.2, 0.25) is 0 Å². The summed E-state index contributed by atoms with van der Waals surface area (Å²) in [7, 11) is -4.37. The molecule has 282 valence electrons. The summed E-state index contributed by atoms with van der Waals surface area (Å²) in [5.74, 6) is -0.848. The van der Waals surface area contributed by atoms with Gasteiger partial charge >= 0.3 is 19.8 Å². The number of phosphoric ester groups is 1. The lowest BCUT2D eigenvalue weighted by Crippen LogP contribution is -2.29. The van der Waals surface area contributed by atoms with Crippen LogP contribution in [0.4, 0.5) is 0 Å². The van der Waals surface area contributed by atoms with Crippen LogP contribution in [0.3, 0.4) is 0 Å². The Labute approximate surface area is 293 Å². The van der Waals surface area contributed by atoms with Gasteiger partial charge in [0.25, 0.3) is 0 Å². The van der Waals surface area contributed by atoms with E-state index in [1.165, 1.54) is 70.6 Å². The fourth-order valence-electron chi connectivity index (χ4n) is 5.15. The molecule has 9 nitrogen and oxygen atoms in total. The first-order valence-corrected chi connectivity index (χ1v) is 20.8. The van der Waals surface area contributed by atoms with E-state index in [4.69, 9.17) is 24.3 Å². The fourth-order valence-corrected chi connectivity index (χ4v) is 5.92. The first-order valence-electron chi connectivity index (χ1n) is 19.3. The predicted molar refractivity (Wildman–Crippen MR) is 197 cm³/mol. The standard InChI is InChI=1S/C38H72NO8P/c1-3-5-7-9-11-13-15-17-19-21-23-25-27-29-31-38(41)47-36(35-46-48(42,43)45-33-32-39)34-44-37(40)30-28-26-24-22-20-18-16-14-12-10-8-6-4-2/h14-17,36H,3-13,18-35,39H2,1-2H3,(H,42,43)/b16-14-,17-15-. The molecule has 0 fully saturated rings. The molecule has 0 amide bonds. The second-order valence-electron chi connectivity index (χ2n) is 12.8. The number of rotatable bonds is 36. The van der Waals surface area contributed by atoms with Crippen LogP contribution in [0, 0.1) is 0 Å². The molecule has 48 heavy (non-hydrogen) atoms. The first kappa shape index (κ1) is 46.5. The number of hydrogen-bond donors (Lipinski definition) is 2. The maximum atomic E-state index is 12.5. The second-order valence-corrected chi connectivity index (χ2v) is 14.2. The molecule has 0 saturated heterocycles. The Morgan fingerprint density at radius 3 is 1.50 bits per heavy atom. The summed E-state index contributed by atoms with van der Waals surface area (Å²) < 4.78 is 32.6. The number of allylic oxidation sites excluding steroid dienone is 4. The molecular weight excluding hydrogens is 629 g/mol. The van der Waals surface area contributed by atoms with E-state index in [9.17, 15) is 19.0 Å². The maximum Gasteiger partial charge on any atom is 0.472 e. The van der Waals surface area contributed by atoms with Gasteiger partial charge in [-0.1, -0.05) is 122 Å². The molecular formula is C38H72NO8P. The predicted octanol–water partition coefficient (Wildman–Crippen LogP) is 10.4. The van der Waals surface area contributed by atoms with Crippen LogP contribution in [-0.4, -0.2) is 49.3 Å². The van der Waals surface area contributed by atoms with Gasteiger partial charge in [-0.3, -0.25) is 18.6 Å². The van der Waals surface area contributed by atoms with Crippen LogP contribution in [0.25, 0.3) is 0 Å². The third kappa shape index (κ3) is 34.4. The number of carbonyl (C=O) groups is 2. The largest absolute Gasteiger partial charge is 0.472 e. The van der Waals surface area contributed by atoms with Gasteiger partial charge in [-0.2, -0.15) is 0 Å². The van der Waals surface area contributed by atoms with Crippen molar-refractivity contribution < 1.29 is 37.6 Å². The molecule has 0 aromatic rings. The molecule has 0 rings (SSSR count). The van der Waals surface area contributed by atoms with E-state index in [0.717, 1.165) is 70.6 Å². The number of phosphoric acid groups is 1. The lowest BCUT2D eigenvalue weighted by atomic mass is 10.1. The molecule has 0 radical (unpaired) electrons. The van der Waals surface area contributed by atoms with Crippen LogP contribution in [0.5, 0.6) is 0 Å². The van der Waals surface area contributed by atoms with Crippen LogP contribution in [-0.2, 0) is 32.7 Å². The lowest BCUT2D eigenvalue weighted by molar-refractivity contribution is -0.161. The van der Waals surface area contributed by atoms with Gasteiger partial charge < -0.3 is 20.1 Å². The highest BCUT2D eigenvalue weighted by Crippen LogP contribution is 2.43. The zero-order valence-electron chi connectivity index (χ0n) is 30.7. The van der Waals surface area contributed by atoms with Crippen molar-refractivity contribution in [1.82, 2.24) is 0 Å². The van der Waals surface area contributed by atoms with E-state index < -0.39 is 32.5 Å². The Morgan fingerprint density at radius 2 is 1.02 bits per heavy atom. The molecule has 3 N–H and O–H groups in total. The average Bonchev–Trinajstić information content (AvgIpc) is 3.07. The Kier molecular flexibility index (Phi) is 34.2. The minimum absolute atomic E-state index is 0.0517. The van der Waals surface area contributed by atoms with Crippen molar-refractivity contribution in [2.45, 2.75) is 180 Å². The van der Waals surface area contributed by atoms with E-state index in [1.807, 2.05) is 0 Å². The number of ether oxygens (including phenoxy) is 2. The van der Waals surface area contributed by atoms with Crippen molar-refractivity contribution >= 4 is 19.8 Å². The zero-order chi connectivity index (χ0) is 35.4. The topological polar surface area (TPSA) is 134 Å². The summed E-state index contributed by atoms with van der Waals surface area (Å²) in [6, 6.07) is 0. The van der Waals surface area contributed by atoms with Gasteiger partial charge in [0.2, 0.25) is 0 Å². The molecule has 0 heterocycles. The van der Waals surface area contributed by atoms with E-state index in [1.54, 1.807) is 0 Å². The van der Waals surface area contributed by atoms with Crippen LogP contribution in [0.1, 0.15) is 174 Å². The molecule has 0 aromatic carbocycles. The van der Waals surface area contributed by atoms with E-state index in [2.05, 4.69) is 38.2 Å². The molecule has 0 aromatic heterocycles. The van der Waals surface area contributed by atoms with Crippen molar-refractivity contribution in [2.75, 3.05) is 26.4 Å². The molecule has 10 heteroatoms. The normalized spacial score (nSPS) is 13.7. The molecule has 0 saturated carbocycles. The minimum atomic E-state index is -4.37. The molecule has 0 aliphatic rings. The van der Waals surface area contributed by atoms with Crippen molar-refractivity contribution in [3.05, 3.63) is 24.3 Å². The molecule has 0 aliphatic heterocycles. The van der Waals surface area contributed by atoms with Gasteiger partial charge in [-0.05, 0) is 64.2 Å². The summed E-state index contributed by atoms with van der Waals surface area (Å²) in [6.45, 7) is 3.68. The smallest absolute Gasteiger partial charge is 0.462 e. The van der Waals surface area contributed by atoms with Crippen LogP contribution in [0.15, 0.2) is 24.3 Å². The number of esters is 2. The summed E-state index contributed by atoms with van der Waals surface area (Å²) >= 11 is 0. The molecule has 2 unspecified atom stereocenters. The summed E-state index contributed by atoms with van der Waals surface area (Å²) in [5, 5.41) is 0. The van der Waals surface area contributed by atoms with Crippen molar-refractivity contribution in [3.63, 3.8) is 0 Å². The highest BCUT2D eigenvalue weighted by Gasteiger charge is 2.25. The van der Waals surface area contributed by atoms with E-state index in [0.29, 0.717) is 6.42 Å². The summed E-state index contributed by atoms with van der Waals surface area (Å²) in [6.07, 6.45) is 34.9. The van der Waals surface area contributed by atoms with Crippen LogP contribution < -0.4 is 5.73 Å². The van der Waals surface area contributed by atoms with Gasteiger partial charge in [0, 0.05) is 19.4 Å². The average molecular weight is 702 g/mol. The first-order chi connectivity index (χ1) is 23.3. The van der Waals surface area contributed by atoms with Crippen molar-refractivity contribution in [2.24, 2.45) is 5.73 Å². The van der Waals surface area contributed by atoms with Gasteiger partial charge in [-0.15, -0.1) is 0 Å². The van der Waals surface area contributed by atoms with Crippen molar-refractivity contribution in [1.29, 1.82) is 0 Å². The highest BCUT2D eigenvalue weighted by molar-refractivity contribution is 7.47. The Balaban J connectivity index is 4.24. The minimum Gasteiger partial charge on any atom is -0.462 e. The second kappa shape index (κ2) is 35.3. The maximum absolute atomic E-state index is 12.5. The number of nitrogens with two attached hydrogens (primary N) is 1. The molecule has 0 bridgehead atoms.